The van der Waals surface area contributed by atoms with Gasteiger partial charge in [-0.2, -0.15) is 8.42 Å². The monoisotopic (exact) mass is 396 g/mol. The first kappa shape index (κ1) is 19.0. The number of halogens is 2. The summed E-state index contributed by atoms with van der Waals surface area (Å²) in [4.78, 5) is 23.3. The second-order valence-electron chi connectivity index (χ2n) is 5.68. The summed E-state index contributed by atoms with van der Waals surface area (Å²) in [5, 5.41) is 19.3. The summed E-state index contributed by atoms with van der Waals surface area (Å²) in [5.41, 5.74) is -3.03. The average Bonchev–Trinajstić information content (AvgIpc) is 3.12. The van der Waals surface area contributed by atoms with E-state index in [0.29, 0.717) is 5.56 Å². The van der Waals surface area contributed by atoms with E-state index in [1.54, 1.807) is 0 Å². The number of benzene rings is 1. The van der Waals surface area contributed by atoms with E-state index in [0.717, 1.165) is 6.26 Å². The summed E-state index contributed by atoms with van der Waals surface area (Å²) in [6.07, 6.45) is 0.541. The van der Waals surface area contributed by atoms with Crippen LogP contribution in [-0.2, 0) is 29.3 Å². The molecule has 1 fully saturated rings. The third kappa shape index (κ3) is 3.11. The molecule has 0 aliphatic heterocycles. The topological polar surface area (TPSA) is 118 Å². The van der Waals surface area contributed by atoms with Crippen LogP contribution in [-0.4, -0.2) is 43.4 Å². The first-order valence-electron chi connectivity index (χ1n) is 6.73. The molecule has 7 nitrogen and oxygen atoms in total. The predicted molar refractivity (Wildman–Crippen MR) is 85.9 cm³/mol. The van der Waals surface area contributed by atoms with Gasteiger partial charge in [0.2, 0.25) is 0 Å². The zero-order chi connectivity index (χ0) is 18.3. The zero-order valence-electron chi connectivity index (χ0n) is 12.5. The van der Waals surface area contributed by atoms with Crippen LogP contribution in [0.15, 0.2) is 18.2 Å². The molecule has 1 saturated carbocycles. The van der Waals surface area contributed by atoms with Crippen LogP contribution in [0, 0.1) is 5.41 Å². The van der Waals surface area contributed by atoms with Crippen LogP contribution in [0.1, 0.15) is 18.4 Å². The Morgan fingerprint density at radius 1 is 1.21 bits per heavy atom. The van der Waals surface area contributed by atoms with Gasteiger partial charge in [-0.3, -0.25) is 13.8 Å². The van der Waals surface area contributed by atoms with Gasteiger partial charge in [0.1, 0.15) is 0 Å². The van der Waals surface area contributed by atoms with Gasteiger partial charge in [0, 0.05) is 5.41 Å². The van der Waals surface area contributed by atoms with Crippen molar-refractivity contribution < 1.29 is 32.4 Å². The maximum Gasteiger partial charge on any atom is 0.322 e. The highest BCUT2D eigenvalue weighted by Gasteiger charge is 2.77. The van der Waals surface area contributed by atoms with Crippen LogP contribution >= 0.6 is 23.2 Å². The van der Waals surface area contributed by atoms with E-state index in [1.165, 1.54) is 18.2 Å². The molecule has 2 rings (SSSR count). The first-order chi connectivity index (χ1) is 11.0. The maximum atomic E-state index is 11.6. The Balaban J connectivity index is 2.45. The molecule has 1 aliphatic rings. The average molecular weight is 397 g/mol. The molecule has 0 amide bonds. The third-order valence-corrected chi connectivity index (χ3v) is 5.62. The molecule has 0 unspecified atom stereocenters. The minimum absolute atomic E-state index is 0.114. The van der Waals surface area contributed by atoms with Crippen molar-refractivity contribution in [3.8, 4) is 0 Å². The molecule has 1 aromatic rings. The molecule has 10 heteroatoms. The van der Waals surface area contributed by atoms with Crippen molar-refractivity contribution in [2.75, 3.05) is 12.9 Å². The van der Waals surface area contributed by atoms with Gasteiger partial charge < -0.3 is 10.2 Å². The summed E-state index contributed by atoms with van der Waals surface area (Å²) in [5.74, 6) is -3.00. The van der Waals surface area contributed by atoms with Crippen molar-refractivity contribution in [1.29, 1.82) is 0 Å². The Kier molecular flexibility index (Phi) is 4.89. The van der Waals surface area contributed by atoms with Crippen molar-refractivity contribution in [2.24, 2.45) is 5.41 Å². The lowest BCUT2D eigenvalue weighted by molar-refractivity contribution is -0.158. The fraction of sp³-hybridized carbons (Fsp3) is 0.429. The van der Waals surface area contributed by atoms with Crippen LogP contribution in [0.4, 0.5) is 0 Å². The number of carbonyl (C=O) groups is 2. The zero-order valence-corrected chi connectivity index (χ0v) is 14.8. The second-order valence-corrected chi connectivity index (χ2v) is 8.14. The smallest absolute Gasteiger partial charge is 0.322 e. The van der Waals surface area contributed by atoms with E-state index >= 15 is 0 Å². The summed E-state index contributed by atoms with van der Waals surface area (Å²) < 4.78 is 26.9. The van der Waals surface area contributed by atoms with E-state index in [2.05, 4.69) is 4.18 Å². The minimum atomic E-state index is -3.74. The Morgan fingerprint density at radius 2 is 1.79 bits per heavy atom. The van der Waals surface area contributed by atoms with E-state index < -0.39 is 32.9 Å². The van der Waals surface area contributed by atoms with Crippen LogP contribution < -0.4 is 0 Å². The number of carboxylic acids is 2. The highest BCUT2D eigenvalue weighted by Crippen LogP contribution is 2.67. The van der Waals surface area contributed by atoms with E-state index in [4.69, 9.17) is 23.2 Å². The molecule has 2 N–H and O–H groups in total. The molecule has 0 spiro atoms. The minimum Gasteiger partial charge on any atom is -0.480 e. The van der Waals surface area contributed by atoms with Gasteiger partial charge in [0.25, 0.3) is 10.1 Å². The summed E-state index contributed by atoms with van der Waals surface area (Å²) in [6.45, 7) is -0.346. The van der Waals surface area contributed by atoms with Crippen molar-refractivity contribution in [3.63, 3.8) is 0 Å². The summed E-state index contributed by atoms with van der Waals surface area (Å²) in [7, 11) is -3.74. The van der Waals surface area contributed by atoms with E-state index in [-0.39, 0.29) is 29.5 Å². The molecule has 0 bridgehead atoms. The van der Waals surface area contributed by atoms with E-state index in [1.807, 2.05) is 0 Å². The largest absolute Gasteiger partial charge is 0.480 e. The summed E-state index contributed by atoms with van der Waals surface area (Å²) in [6, 6.07) is 4.32. The molecule has 0 saturated heterocycles. The Morgan fingerprint density at radius 3 is 2.21 bits per heavy atom. The number of carboxylic acid groups (broad SMARTS) is 2. The standard InChI is InChI=1S/C14H14Cl2O7S/c1-24(21,22)23-5-4-13(7-14(13,11(17)18)12(19)20)8-2-3-9(15)10(16)6-8/h2-3,6H,4-5,7H2,1H3,(H,17,18)(H,19,20)/t13-/m0/s1. The van der Waals surface area contributed by atoms with E-state index in [9.17, 15) is 28.2 Å². The molecule has 1 atom stereocenters. The molecule has 0 radical (unpaired) electrons. The fourth-order valence-electron chi connectivity index (χ4n) is 3.02. The van der Waals surface area contributed by atoms with Crippen LogP contribution in [0.5, 0.6) is 0 Å². The van der Waals surface area contributed by atoms with Crippen LogP contribution in [0.3, 0.4) is 0 Å². The SMILES string of the molecule is CS(=O)(=O)OCC[C@@]1(c2ccc(Cl)c(Cl)c2)CC1(C(=O)O)C(=O)O. The lowest BCUT2D eigenvalue weighted by atomic mass is 9.83. The lowest BCUT2D eigenvalue weighted by Gasteiger charge is -2.21. The second kappa shape index (κ2) is 6.18. The van der Waals surface area contributed by atoms with Gasteiger partial charge >= 0.3 is 11.9 Å². The molecule has 1 aromatic carbocycles. The lowest BCUT2D eigenvalue weighted by Crippen LogP contribution is -2.35. The molecule has 132 valence electrons. The fourth-order valence-corrected chi connectivity index (χ4v) is 3.70. The van der Waals surface area contributed by atoms with Gasteiger partial charge in [-0.25, -0.2) is 0 Å². The van der Waals surface area contributed by atoms with Crippen LogP contribution in [0.25, 0.3) is 0 Å². The van der Waals surface area contributed by atoms with Gasteiger partial charge in [-0.15, -0.1) is 0 Å². The van der Waals surface area contributed by atoms with Crippen LogP contribution in [0.2, 0.25) is 10.0 Å². The Bertz CT molecular complexity index is 791. The van der Waals surface area contributed by atoms with Crippen molar-refractivity contribution >= 4 is 45.3 Å². The molecule has 0 aromatic heterocycles. The quantitative estimate of drug-likeness (QED) is 0.535. The van der Waals surface area contributed by atoms with Gasteiger partial charge in [0.15, 0.2) is 5.41 Å². The predicted octanol–water partition coefficient (Wildman–Crippen LogP) is 2.16. The maximum absolute atomic E-state index is 11.6. The molecule has 0 heterocycles. The Labute approximate surface area is 148 Å². The highest BCUT2D eigenvalue weighted by molar-refractivity contribution is 7.85. The van der Waals surface area contributed by atoms with Gasteiger partial charge in [-0.1, -0.05) is 29.3 Å². The Hall–Kier alpha value is -1.35. The third-order valence-electron chi connectivity index (χ3n) is 4.29. The number of rotatable bonds is 7. The normalized spacial score (nSPS) is 22.1. The molecule has 24 heavy (non-hydrogen) atoms. The highest BCUT2D eigenvalue weighted by atomic mass is 35.5. The number of hydrogen-bond acceptors (Lipinski definition) is 5. The van der Waals surface area contributed by atoms with Crippen molar-refractivity contribution in [3.05, 3.63) is 33.8 Å². The van der Waals surface area contributed by atoms with Crippen molar-refractivity contribution in [2.45, 2.75) is 18.3 Å². The molecular weight excluding hydrogens is 383 g/mol. The van der Waals surface area contributed by atoms with Gasteiger partial charge in [0.05, 0.1) is 22.9 Å². The first-order valence-corrected chi connectivity index (χ1v) is 9.30. The summed E-state index contributed by atoms with van der Waals surface area (Å²) >= 11 is 11.8. The van der Waals surface area contributed by atoms with Gasteiger partial charge in [-0.05, 0) is 30.5 Å². The number of hydrogen-bond donors (Lipinski definition) is 2. The van der Waals surface area contributed by atoms with Crippen molar-refractivity contribution in [1.82, 2.24) is 0 Å². The molecular formula is C14H14Cl2O7S. The number of aliphatic carboxylic acids is 2. The molecule has 1 aliphatic carbocycles.